The molecule has 0 N–H and O–H groups in total. The first-order valence-electron chi connectivity index (χ1n) is 4.75. The molecule has 3 rings (SSSR count). The lowest BCUT2D eigenvalue weighted by Crippen LogP contribution is -1.83. The summed E-state index contributed by atoms with van der Waals surface area (Å²) in [6.07, 6.45) is 3.21. The van der Waals surface area contributed by atoms with Gasteiger partial charge in [-0.3, -0.25) is 0 Å². The summed E-state index contributed by atoms with van der Waals surface area (Å²) in [7, 11) is 1.63. The molecule has 0 saturated carbocycles. The Balaban J connectivity index is 2.51. The van der Waals surface area contributed by atoms with E-state index in [0.717, 1.165) is 27.7 Å². The molecule has 3 aromatic rings. The Morgan fingerprint density at radius 2 is 2.19 bits per heavy atom. The Bertz CT molecular complexity index is 677. The van der Waals surface area contributed by atoms with Crippen LogP contribution in [0.25, 0.3) is 21.9 Å². The third kappa shape index (κ3) is 1.17. The minimum Gasteiger partial charge on any atom is -0.497 e. The van der Waals surface area contributed by atoms with E-state index in [1.54, 1.807) is 17.4 Å². The standard InChI is InChI=1S/C11H8ClN3O/c1-16-7-2-3-8-9(4-7)15(12)10-5-13-6-14-11(8)10/h2-6H,1H3. The van der Waals surface area contributed by atoms with Crippen LogP contribution in [-0.4, -0.2) is 21.2 Å². The van der Waals surface area contributed by atoms with E-state index in [1.165, 1.54) is 6.33 Å². The van der Waals surface area contributed by atoms with E-state index in [9.17, 15) is 0 Å². The van der Waals surface area contributed by atoms with Gasteiger partial charge >= 0.3 is 0 Å². The van der Waals surface area contributed by atoms with Gasteiger partial charge in [-0.05, 0) is 12.1 Å². The summed E-state index contributed by atoms with van der Waals surface area (Å²) < 4.78 is 6.71. The fraction of sp³-hybridized carbons (Fsp3) is 0.0909. The van der Waals surface area contributed by atoms with E-state index < -0.39 is 0 Å². The lowest BCUT2D eigenvalue weighted by Gasteiger charge is -1.99. The number of halogens is 1. The van der Waals surface area contributed by atoms with Crippen molar-refractivity contribution in [1.82, 2.24) is 14.1 Å². The zero-order valence-electron chi connectivity index (χ0n) is 8.51. The number of fused-ring (bicyclic) bond motifs is 3. The number of hydrogen-bond donors (Lipinski definition) is 0. The number of benzene rings is 1. The van der Waals surface area contributed by atoms with E-state index in [0.29, 0.717) is 0 Å². The SMILES string of the molecule is COc1ccc2c3ncncc3n(Cl)c2c1. The molecule has 0 aliphatic rings. The smallest absolute Gasteiger partial charge is 0.121 e. The summed E-state index contributed by atoms with van der Waals surface area (Å²) in [5, 5.41) is 0.994. The normalized spacial score (nSPS) is 11.1. The Morgan fingerprint density at radius 1 is 1.31 bits per heavy atom. The molecule has 0 radical (unpaired) electrons. The van der Waals surface area contributed by atoms with E-state index in [1.807, 2.05) is 18.2 Å². The number of nitrogens with zero attached hydrogens (tertiary/aromatic N) is 3. The summed E-state index contributed by atoms with van der Waals surface area (Å²) in [6, 6.07) is 5.72. The molecule has 16 heavy (non-hydrogen) atoms. The van der Waals surface area contributed by atoms with Crippen molar-refractivity contribution in [2.45, 2.75) is 0 Å². The number of ether oxygens (including phenoxy) is 1. The van der Waals surface area contributed by atoms with E-state index in [2.05, 4.69) is 9.97 Å². The van der Waals surface area contributed by atoms with Crippen molar-refractivity contribution < 1.29 is 4.74 Å². The molecule has 2 aromatic heterocycles. The molecule has 0 bridgehead atoms. The Labute approximate surface area is 96.5 Å². The summed E-state index contributed by atoms with van der Waals surface area (Å²) in [4.78, 5) is 8.19. The molecule has 2 heterocycles. The van der Waals surface area contributed by atoms with Gasteiger partial charge in [0, 0.05) is 23.2 Å². The number of methoxy groups -OCH3 is 1. The van der Waals surface area contributed by atoms with Crippen molar-refractivity contribution >= 4 is 33.7 Å². The highest BCUT2D eigenvalue weighted by Crippen LogP contribution is 2.30. The average molecular weight is 234 g/mol. The third-order valence-electron chi connectivity index (χ3n) is 2.58. The first kappa shape index (κ1) is 9.42. The van der Waals surface area contributed by atoms with Gasteiger partial charge in [-0.2, -0.15) is 0 Å². The van der Waals surface area contributed by atoms with Crippen LogP contribution in [0.3, 0.4) is 0 Å². The van der Waals surface area contributed by atoms with E-state index in [-0.39, 0.29) is 0 Å². The predicted molar refractivity (Wildman–Crippen MR) is 62.8 cm³/mol. The second kappa shape index (κ2) is 3.35. The highest BCUT2D eigenvalue weighted by atomic mass is 35.5. The molecule has 80 valence electrons. The Kier molecular flexibility index (Phi) is 1.97. The van der Waals surface area contributed by atoms with Crippen LogP contribution < -0.4 is 4.74 Å². The number of aromatic nitrogens is 3. The van der Waals surface area contributed by atoms with Gasteiger partial charge in [-0.25, -0.2) is 14.1 Å². The maximum atomic E-state index is 6.20. The molecule has 1 aromatic carbocycles. The quantitative estimate of drug-likeness (QED) is 0.649. The molecule has 5 heteroatoms. The highest BCUT2D eigenvalue weighted by Gasteiger charge is 2.10. The molecule has 0 fully saturated rings. The molecule has 0 saturated heterocycles. The van der Waals surface area contributed by atoms with Crippen LogP contribution in [0.5, 0.6) is 5.75 Å². The maximum Gasteiger partial charge on any atom is 0.121 e. The van der Waals surface area contributed by atoms with Crippen molar-refractivity contribution in [1.29, 1.82) is 0 Å². The average Bonchev–Trinajstić information content (AvgIpc) is 2.64. The van der Waals surface area contributed by atoms with Gasteiger partial charge in [0.05, 0.1) is 18.8 Å². The zero-order valence-corrected chi connectivity index (χ0v) is 9.27. The van der Waals surface area contributed by atoms with Crippen LogP contribution >= 0.6 is 11.8 Å². The minimum absolute atomic E-state index is 0.769. The summed E-state index contributed by atoms with van der Waals surface area (Å²) in [5.41, 5.74) is 2.52. The summed E-state index contributed by atoms with van der Waals surface area (Å²) >= 11 is 6.20. The molecule has 0 atom stereocenters. The monoisotopic (exact) mass is 233 g/mol. The largest absolute Gasteiger partial charge is 0.497 e. The van der Waals surface area contributed by atoms with Gasteiger partial charge in [0.1, 0.15) is 23.1 Å². The van der Waals surface area contributed by atoms with Gasteiger partial charge in [0.2, 0.25) is 0 Å². The van der Waals surface area contributed by atoms with Crippen LogP contribution in [0.15, 0.2) is 30.7 Å². The Morgan fingerprint density at radius 3 is 3.00 bits per heavy atom. The molecule has 0 amide bonds. The molecule has 0 unspecified atom stereocenters. The van der Waals surface area contributed by atoms with Crippen molar-refractivity contribution in [3.63, 3.8) is 0 Å². The topological polar surface area (TPSA) is 39.9 Å². The van der Waals surface area contributed by atoms with E-state index in [4.69, 9.17) is 16.5 Å². The van der Waals surface area contributed by atoms with Crippen LogP contribution in [0.1, 0.15) is 0 Å². The fourth-order valence-electron chi connectivity index (χ4n) is 1.80. The first-order valence-corrected chi connectivity index (χ1v) is 5.09. The van der Waals surface area contributed by atoms with Gasteiger partial charge < -0.3 is 4.74 Å². The van der Waals surface area contributed by atoms with Crippen LogP contribution in [0, 0.1) is 0 Å². The summed E-state index contributed by atoms with van der Waals surface area (Å²) in [5.74, 6) is 0.769. The van der Waals surface area contributed by atoms with E-state index >= 15 is 0 Å². The first-order chi connectivity index (χ1) is 7.81. The molecular formula is C11H8ClN3O. The van der Waals surface area contributed by atoms with Gasteiger partial charge in [-0.1, -0.05) is 0 Å². The summed E-state index contributed by atoms with van der Waals surface area (Å²) in [6.45, 7) is 0. The van der Waals surface area contributed by atoms with Gasteiger partial charge in [0.15, 0.2) is 0 Å². The molecular weight excluding hydrogens is 226 g/mol. The number of hydrogen-bond acceptors (Lipinski definition) is 3. The second-order valence-corrected chi connectivity index (χ2v) is 3.76. The lowest BCUT2D eigenvalue weighted by molar-refractivity contribution is 0.415. The molecule has 0 aliphatic heterocycles. The lowest BCUT2D eigenvalue weighted by atomic mass is 10.2. The van der Waals surface area contributed by atoms with Crippen molar-refractivity contribution in [2.75, 3.05) is 7.11 Å². The Hall–Kier alpha value is -1.81. The van der Waals surface area contributed by atoms with Crippen molar-refractivity contribution in [3.05, 3.63) is 30.7 Å². The zero-order chi connectivity index (χ0) is 11.1. The molecule has 0 aliphatic carbocycles. The van der Waals surface area contributed by atoms with Gasteiger partial charge in [-0.15, -0.1) is 0 Å². The minimum atomic E-state index is 0.769. The predicted octanol–water partition coefficient (Wildman–Crippen LogP) is 2.60. The number of rotatable bonds is 1. The third-order valence-corrected chi connectivity index (χ3v) is 2.94. The van der Waals surface area contributed by atoms with Crippen molar-refractivity contribution in [3.8, 4) is 5.75 Å². The second-order valence-electron chi connectivity index (χ2n) is 3.42. The molecule has 0 spiro atoms. The van der Waals surface area contributed by atoms with Crippen LogP contribution in [0.2, 0.25) is 0 Å². The van der Waals surface area contributed by atoms with Crippen LogP contribution in [0.4, 0.5) is 0 Å². The van der Waals surface area contributed by atoms with Gasteiger partial charge in [0.25, 0.3) is 0 Å². The highest BCUT2D eigenvalue weighted by molar-refractivity contribution is 6.25. The van der Waals surface area contributed by atoms with Crippen molar-refractivity contribution in [2.24, 2.45) is 0 Å². The fourth-order valence-corrected chi connectivity index (χ4v) is 2.07. The van der Waals surface area contributed by atoms with Crippen LogP contribution in [-0.2, 0) is 0 Å². The maximum absolute atomic E-state index is 6.20. The molecule has 4 nitrogen and oxygen atoms in total.